The van der Waals surface area contributed by atoms with Gasteiger partial charge in [-0.15, -0.1) is 11.3 Å². The van der Waals surface area contributed by atoms with E-state index < -0.39 is 28.6 Å². The topological polar surface area (TPSA) is 97.8 Å². The summed E-state index contributed by atoms with van der Waals surface area (Å²) in [5.74, 6) is -2.35. The number of benzene rings is 1. The van der Waals surface area contributed by atoms with E-state index in [1.54, 1.807) is 0 Å². The second-order valence-electron chi connectivity index (χ2n) is 4.54. The molecule has 0 fully saturated rings. The number of alkyl halides is 3. The van der Waals surface area contributed by atoms with Crippen LogP contribution >= 0.6 is 11.3 Å². The summed E-state index contributed by atoms with van der Waals surface area (Å²) in [6, 6.07) is 2.24. The molecule has 2 N–H and O–H groups in total. The van der Waals surface area contributed by atoms with E-state index in [4.69, 9.17) is 9.47 Å². The number of nitrogens with one attached hydrogen (secondary N) is 1. The molecule has 1 amide bonds. The third-order valence-corrected chi connectivity index (χ3v) is 3.87. The summed E-state index contributed by atoms with van der Waals surface area (Å²) in [4.78, 5) is 26.0. The first-order valence-corrected chi connectivity index (χ1v) is 7.38. The van der Waals surface area contributed by atoms with Crippen LogP contribution in [-0.2, 0) is 6.18 Å². The normalized spacial score (nSPS) is 11.1. The van der Waals surface area contributed by atoms with Gasteiger partial charge in [0, 0.05) is 12.1 Å². The Hall–Kier alpha value is -2.82. The van der Waals surface area contributed by atoms with E-state index in [0.29, 0.717) is 11.3 Å². The van der Waals surface area contributed by atoms with Crippen molar-refractivity contribution >= 4 is 28.9 Å². The van der Waals surface area contributed by atoms with Crippen molar-refractivity contribution in [2.45, 2.75) is 6.18 Å². The average molecular weight is 376 g/mol. The number of nitrogens with zero attached hydrogens (tertiary/aromatic N) is 1. The van der Waals surface area contributed by atoms with Gasteiger partial charge < -0.3 is 19.9 Å². The number of carboxylic acid groups (broad SMARTS) is 1. The summed E-state index contributed by atoms with van der Waals surface area (Å²) >= 11 is 0.489. The summed E-state index contributed by atoms with van der Waals surface area (Å²) < 4.78 is 48.5. The van der Waals surface area contributed by atoms with Gasteiger partial charge in [0.1, 0.15) is 4.88 Å². The third-order valence-electron chi connectivity index (χ3n) is 3.04. The van der Waals surface area contributed by atoms with Crippen molar-refractivity contribution in [2.24, 2.45) is 0 Å². The number of hydrogen-bond acceptors (Lipinski definition) is 6. The van der Waals surface area contributed by atoms with Crippen LogP contribution in [0.1, 0.15) is 25.7 Å². The molecule has 7 nitrogen and oxygen atoms in total. The quantitative estimate of drug-likeness (QED) is 0.832. The molecule has 1 heterocycles. The van der Waals surface area contributed by atoms with Crippen molar-refractivity contribution in [3.63, 3.8) is 0 Å². The molecule has 0 radical (unpaired) electrons. The number of aromatic carboxylic acids is 1. The van der Waals surface area contributed by atoms with Crippen LogP contribution < -0.4 is 14.8 Å². The monoisotopic (exact) mass is 376 g/mol. The number of amides is 1. The third kappa shape index (κ3) is 3.82. The maximum absolute atomic E-state index is 12.8. The first-order chi connectivity index (χ1) is 11.7. The Labute approximate surface area is 143 Å². The number of ether oxygens (including phenoxy) is 2. The molecule has 0 aliphatic carbocycles. The average Bonchev–Trinajstić information content (AvgIpc) is 3.04. The van der Waals surface area contributed by atoms with Gasteiger partial charge in [-0.3, -0.25) is 4.79 Å². The molecule has 0 aliphatic rings. The molecule has 25 heavy (non-hydrogen) atoms. The van der Waals surface area contributed by atoms with Crippen LogP contribution in [0.15, 0.2) is 17.6 Å². The van der Waals surface area contributed by atoms with Gasteiger partial charge >= 0.3 is 12.1 Å². The highest BCUT2D eigenvalue weighted by molar-refractivity contribution is 7.12. The van der Waals surface area contributed by atoms with E-state index in [1.165, 1.54) is 14.2 Å². The molecule has 0 unspecified atom stereocenters. The molecular weight excluding hydrogens is 365 g/mol. The van der Waals surface area contributed by atoms with Gasteiger partial charge in [-0.2, -0.15) is 13.2 Å². The molecule has 0 saturated heterocycles. The van der Waals surface area contributed by atoms with Gasteiger partial charge in [-0.1, -0.05) is 0 Å². The molecule has 0 bridgehead atoms. The minimum absolute atomic E-state index is 0.0895. The van der Waals surface area contributed by atoms with Gasteiger partial charge in [-0.25, -0.2) is 9.78 Å². The van der Waals surface area contributed by atoms with Crippen LogP contribution in [0.5, 0.6) is 11.5 Å². The number of thiazole rings is 1. The lowest BCUT2D eigenvalue weighted by molar-refractivity contribution is -0.141. The van der Waals surface area contributed by atoms with E-state index in [1.807, 2.05) is 0 Å². The van der Waals surface area contributed by atoms with Gasteiger partial charge in [-0.05, 0) is 0 Å². The minimum atomic E-state index is -4.81. The standard InChI is InChI=1S/C14H11F3N2O5S/c1-23-8-3-6(13(21)22)7(4-9(8)24-2)19-12(20)10-11(14(15,16)17)18-5-25-10/h3-5H,1-2H3,(H,19,20)(H,21,22). The zero-order valence-corrected chi connectivity index (χ0v) is 13.6. The van der Waals surface area contributed by atoms with Crippen LogP contribution in [0.4, 0.5) is 18.9 Å². The van der Waals surface area contributed by atoms with Crippen LogP contribution in [0, 0.1) is 0 Å². The number of aromatic nitrogens is 1. The Morgan fingerprint density at radius 1 is 1.20 bits per heavy atom. The Morgan fingerprint density at radius 3 is 2.32 bits per heavy atom. The van der Waals surface area contributed by atoms with Gasteiger partial charge in [0.15, 0.2) is 17.2 Å². The molecule has 2 aromatic rings. The van der Waals surface area contributed by atoms with Gasteiger partial charge in [0.05, 0.1) is 31.0 Å². The number of methoxy groups -OCH3 is 2. The van der Waals surface area contributed by atoms with Gasteiger partial charge in [0.2, 0.25) is 0 Å². The zero-order valence-electron chi connectivity index (χ0n) is 12.8. The highest BCUT2D eigenvalue weighted by atomic mass is 32.1. The van der Waals surface area contributed by atoms with Crippen molar-refractivity contribution in [3.8, 4) is 11.5 Å². The summed E-state index contributed by atoms with van der Waals surface area (Å²) in [6.07, 6.45) is -4.81. The Balaban J connectivity index is 2.44. The number of carbonyl (C=O) groups excluding carboxylic acids is 1. The smallest absolute Gasteiger partial charge is 0.434 e. The molecule has 134 valence electrons. The Morgan fingerprint density at radius 2 is 1.80 bits per heavy atom. The highest BCUT2D eigenvalue weighted by Crippen LogP contribution is 2.35. The fraction of sp³-hybridized carbons (Fsp3) is 0.214. The van der Waals surface area contributed by atoms with Crippen molar-refractivity contribution in [1.82, 2.24) is 4.98 Å². The number of rotatable bonds is 5. The van der Waals surface area contributed by atoms with Crippen LogP contribution in [0.3, 0.4) is 0 Å². The second kappa shape index (κ2) is 6.97. The Bertz CT molecular complexity index is 819. The zero-order chi connectivity index (χ0) is 18.8. The van der Waals surface area contributed by atoms with E-state index in [2.05, 4.69) is 10.3 Å². The largest absolute Gasteiger partial charge is 0.493 e. The summed E-state index contributed by atoms with van der Waals surface area (Å²) in [6.45, 7) is 0. The first-order valence-electron chi connectivity index (χ1n) is 6.50. The Kier molecular flexibility index (Phi) is 5.16. The lowest BCUT2D eigenvalue weighted by Gasteiger charge is -2.14. The predicted octanol–water partition coefficient (Wildman–Crippen LogP) is 3.13. The maximum Gasteiger partial charge on any atom is 0.434 e. The molecule has 0 saturated carbocycles. The predicted molar refractivity (Wildman–Crippen MR) is 81.6 cm³/mol. The summed E-state index contributed by atoms with van der Waals surface area (Å²) in [5, 5.41) is 11.4. The van der Waals surface area contributed by atoms with Crippen molar-refractivity contribution < 1.29 is 37.3 Å². The number of anilines is 1. The summed E-state index contributed by atoms with van der Waals surface area (Å²) in [7, 11) is 2.57. The lowest BCUT2D eigenvalue weighted by Crippen LogP contribution is -2.18. The molecule has 11 heteroatoms. The number of hydrogen-bond donors (Lipinski definition) is 2. The van der Waals surface area contributed by atoms with E-state index in [9.17, 15) is 27.9 Å². The highest BCUT2D eigenvalue weighted by Gasteiger charge is 2.38. The molecule has 0 spiro atoms. The second-order valence-corrected chi connectivity index (χ2v) is 5.39. The number of carboxylic acids is 1. The van der Waals surface area contributed by atoms with Crippen LogP contribution in [0.2, 0.25) is 0 Å². The maximum atomic E-state index is 12.8. The van der Waals surface area contributed by atoms with Crippen LogP contribution in [0.25, 0.3) is 0 Å². The molecular formula is C14H11F3N2O5S. The van der Waals surface area contributed by atoms with Gasteiger partial charge in [0.25, 0.3) is 5.91 Å². The van der Waals surface area contributed by atoms with E-state index in [-0.39, 0.29) is 22.7 Å². The number of carbonyl (C=O) groups is 2. The van der Waals surface area contributed by atoms with Crippen molar-refractivity contribution in [3.05, 3.63) is 33.8 Å². The molecule has 2 rings (SSSR count). The van der Waals surface area contributed by atoms with E-state index in [0.717, 1.165) is 17.6 Å². The fourth-order valence-corrected chi connectivity index (χ4v) is 2.65. The minimum Gasteiger partial charge on any atom is -0.493 e. The van der Waals surface area contributed by atoms with E-state index >= 15 is 0 Å². The van der Waals surface area contributed by atoms with Crippen LogP contribution in [-0.4, -0.2) is 36.2 Å². The molecule has 0 atom stereocenters. The first kappa shape index (κ1) is 18.5. The SMILES string of the molecule is COc1cc(NC(=O)c2scnc2C(F)(F)F)c(C(=O)O)cc1OC. The summed E-state index contributed by atoms with van der Waals surface area (Å²) in [5.41, 5.74) is -1.07. The fourth-order valence-electron chi connectivity index (χ4n) is 1.95. The lowest BCUT2D eigenvalue weighted by atomic mass is 10.1. The molecule has 1 aromatic carbocycles. The van der Waals surface area contributed by atoms with Crippen molar-refractivity contribution in [1.29, 1.82) is 0 Å². The number of halogens is 3. The molecule has 0 aliphatic heterocycles. The van der Waals surface area contributed by atoms with Crippen molar-refractivity contribution in [2.75, 3.05) is 19.5 Å². The molecule has 1 aromatic heterocycles.